The molecule has 1 aliphatic rings. The third kappa shape index (κ3) is 3.61. The molecule has 1 aromatic heterocycles. The van der Waals surface area contributed by atoms with Crippen molar-refractivity contribution < 1.29 is 14.0 Å². The minimum absolute atomic E-state index is 0.0569. The van der Waals surface area contributed by atoms with Crippen LogP contribution in [-0.4, -0.2) is 16.7 Å². The predicted octanol–water partition coefficient (Wildman–Crippen LogP) is 4.61. The molecule has 27 heavy (non-hydrogen) atoms. The third-order valence-electron chi connectivity index (χ3n) is 4.60. The van der Waals surface area contributed by atoms with Gasteiger partial charge in [0.15, 0.2) is 0 Å². The number of nitrogens with zero attached hydrogens (tertiary/aromatic N) is 1. The Labute approximate surface area is 160 Å². The van der Waals surface area contributed by atoms with Gasteiger partial charge >= 0.3 is 0 Å². The number of carbonyl (C=O) groups is 2. The lowest BCUT2D eigenvalue weighted by Gasteiger charge is -2.26. The van der Waals surface area contributed by atoms with E-state index in [0.717, 1.165) is 10.4 Å². The molecule has 2 aromatic carbocycles. The van der Waals surface area contributed by atoms with E-state index in [-0.39, 0.29) is 30.1 Å². The number of hydrogen-bond acceptors (Lipinski definition) is 3. The Morgan fingerprint density at radius 1 is 1.11 bits per heavy atom. The fourth-order valence-corrected chi connectivity index (χ4v) is 4.13. The van der Waals surface area contributed by atoms with Gasteiger partial charge in [-0.15, -0.1) is 11.3 Å². The molecule has 0 saturated heterocycles. The highest BCUT2D eigenvalue weighted by molar-refractivity contribution is 7.10. The van der Waals surface area contributed by atoms with Gasteiger partial charge in [0.25, 0.3) is 5.91 Å². The molecule has 0 spiro atoms. The number of amides is 2. The van der Waals surface area contributed by atoms with Crippen molar-refractivity contribution in [3.05, 3.63) is 87.9 Å². The van der Waals surface area contributed by atoms with Gasteiger partial charge in [0.2, 0.25) is 5.91 Å². The second kappa shape index (κ2) is 7.32. The van der Waals surface area contributed by atoms with E-state index in [4.69, 9.17) is 0 Å². The number of benzene rings is 2. The first-order valence-corrected chi connectivity index (χ1v) is 9.47. The van der Waals surface area contributed by atoms with E-state index in [2.05, 4.69) is 5.32 Å². The van der Waals surface area contributed by atoms with Crippen molar-refractivity contribution in [2.24, 2.45) is 0 Å². The first-order chi connectivity index (χ1) is 13.1. The van der Waals surface area contributed by atoms with Crippen LogP contribution >= 0.6 is 11.3 Å². The summed E-state index contributed by atoms with van der Waals surface area (Å²) in [5.41, 5.74) is 2.20. The number of carbonyl (C=O) groups excluding carboxylic acids is 2. The summed E-state index contributed by atoms with van der Waals surface area (Å²) in [4.78, 5) is 28.2. The van der Waals surface area contributed by atoms with Gasteiger partial charge in [0.05, 0.1) is 12.5 Å². The standard InChI is InChI=1S/C21H17FN2O2S/c22-15-7-9-16(10-8-15)23-20(25)12-18(19-6-3-11-27-19)24-13-14-4-1-2-5-17(14)21(24)26/h1-11,18H,12-13H2,(H,23,25)/t18-/m1/s1. The second-order valence-corrected chi connectivity index (χ2v) is 7.36. The van der Waals surface area contributed by atoms with Gasteiger partial charge in [-0.1, -0.05) is 24.3 Å². The van der Waals surface area contributed by atoms with Gasteiger partial charge < -0.3 is 10.2 Å². The fraction of sp³-hybridized carbons (Fsp3) is 0.143. The minimum atomic E-state index is -0.357. The zero-order valence-electron chi connectivity index (χ0n) is 14.4. The van der Waals surface area contributed by atoms with Crippen molar-refractivity contribution in [3.63, 3.8) is 0 Å². The molecule has 1 aliphatic heterocycles. The maximum atomic E-state index is 13.0. The van der Waals surface area contributed by atoms with Crippen LogP contribution in [0.3, 0.4) is 0 Å². The summed E-state index contributed by atoms with van der Waals surface area (Å²) in [5.74, 6) is -0.632. The van der Waals surface area contributed by atoms with Crippen LogP contribution in [0.2, 0.25) is 0 Å². The average molecular weight is 380 g/mol. The molecule has 136 valence electrons. The average Bonchev–Trinajstić information content (AvgIpc) is 3.31. The van der Waals surface area contributed by atoms with Crippen LogP contribution in [0.1, 0.15) is 33.3 Å². The summed E-state index contributed by atoms with van der Waals surface area (Å²) in [7, 11) is 0. The minimum Gasteiger partial charge on any atom is -0.326 e. The molecule has 1 atom stereocenters. The lowest BCUT2D eigenvalue weighted by atomic mass is 10.1. The van der Waals surface area contributed by atoms with Gasteiger partial charge in [-0.3, -0.25) is 9.59 Å². The Bertz CT molecular complexity index is 970. The molecule has 4 nitrogen and oxygen atoms in total. The summed E-state index contributed by atoms with van der Waals surface area (Å²) in [6.07, 6.45) is 0.137. The van der Waals surface area contributed by atoms with Crippen molar-refractivity contribution in [1.29, 1.82) is 0 Å². The molecular formula is C21H17FN2O2S. The van der Waals surface area contributed by atoms with E-state index >= 15 is 0 Å². The third-order valence-corrected chi connectivity index (χ3v) is 5.58. The SMILES string of the molecule is O=C(C[C@H](c1cccs1)N1Cc2ccccc2C1=O)Nc1ccc(F)cc1. The van der Waals surface area contributed by atoms with E-state index in [1.807, 2.05) is 41.8 Å². The Morgan fingerprint density at radius 2 is 1.89 bits per heavy atom. The van der Waals surface area contributed by atoms with Gasteiger partial charge in [-0.05, 0) is 47.3 Å². The zero-order valence-corrected chi connectivity index (χ0v) is 15.2. The Hall–Kier alpha value is -2.99. The van der Waals surface area contributed by atoms with E-state index in [1.54, 1.807) is 4.90 Å². The zero-order chi connectivity index (χ0) is 18.8. The molecule has 0 fully saturated rings. The van der Waals surface area contributed by atoms with Gasteiger partial charge in [-0.25, -0.2) is 4.39 Å². The van der Waals surface area contributed by atoms with Gasteiger partial charge in [0.1, 0.15) is 5.82 Å². The van der Waals surface area contributed by atoms with Crippen LogP contribution in [-0.2, 0) is 11.3 Å². The number of hydrogen-bond donors (Lipinski definition) is 1. The summed E-state index contributed by atoms with van der Waals surface area (Å²) < 4.78 is 13.0. The molecule has 0 saturated carbocycles. The van der Waals surface area contributed by atoms with Gasteiger partial charge in [-0.2, -0.15) is 0 Å². The lowest BCUT2D eigenvalue weighted by molar-refractivity contribution is -0.117. The molecule has 0 aliphatic carbocycles. The second-order valence-electron chi connectivity index (χ2n) is 6.38. The van der Waals surface area contributed by atoms with E-state index in [0.29, 0.717) is 17.8 Å². The molecule has 2 heterocycles. The molecule has 4 rings (SSSR count). The molecule has 0 unspecified atom stereocenters. The Morgan fingerprint density at radius 3 is 2.59 bits per heavy atom. The van der Waals surface area contributed by atoms with Crippen molar-refractivity contribution in [3.8, 4) is 0 Å². The van der Waals surface area contributed by atoms with E-state index < -0.39 is 0 Å². The maximum Gasteiger partial charge on any atom is 0.255 e. The van der Waals surface area contributed by atoms with E-state index in [9.17, 15) is 14.0 Å². The summed E-state index contributed by atoms with van der Waals surface area (Å²) in [5, 5.41) is 4.72. The summed E-state index contributed by atoms with van der Waals surface area (Å²) in [6, 6.07) is 16.7. The van der Waals surface area contributed by atoms with Crippen molar-refractivity contribution >= 4 is 28.8 Å². The molecule has 2 amide bonds. The lowest BCUT2D eigenvalue weighted by Crippen LogP contribution is -2.31. The summed E-state index contributed by atoms with van der Waals surface area (Å²) in [6.45, 7) is 0.488. The van der Waals surface area contributed by atoms with Crippen molar-refractivity contribution in [2.45, 2.75) is 19.0 Å². The smallest absolute Gasteiger partial charge is 0.255 e. The molecule has 3 aromatic rings. The maximum absolute atomic E-state index is 13.0. The number of nitrogens with one attached hydrogen (secondary N) is 1. The van der Waals surface area contributed by atoms with Crippen LogP contribution in [0.4, 0.5) is 10.1 Å². The topological polar surface area (TPSA) is 49.4 Å². The summed E-state index contributed by atoms with van der Waals surface area (Å²) >= 11 is 1.53. The highest BCUT2D eigenvalue weighted by Gasteiger charge is 2.34. The number of anilines is 1. The fourth-order valence-electron chi connectivity index (χ4n) is 3.29. The van der Waals surface area contributed by atoms with Crippen LogP contribution in [0.15, 0.2) is 66.0 Å². The first kappa shape index (κ1) is 17.4. The number of rotatable bonds is 5. The van der Waals surface area contributed by atoms with Crippen LogP contribution in [0.25, 0.3) is 0 Å². The highest BCUT2D eigenvalue weighted by Crippen LogP contribution is 2.35. The van der Waals surface area contributed by atoms with Crippen molar-refractivity contribution in [2.75, 3.05) is 5.32 Å². The van der Waals surface area contributed by atoms with E-state index in [1.165, 1.54) is 35.6 Å². The van der Waals surface area contributed by atoms with Crippen molar-refractivity contribution in [1.82, 2.24) is 4.90 Å². The molecule has 0 radical (unpaired) electrons. The molecule has 6 heteroatoms. The Kier molecular flexibility index (Phi) is 4.73. The highest BCUT2D eigenvalue weighted by atomic mass is 32.1. The molecule has 0 bridgehead atoms. The Balaban J connectivity index is 1.55. The quantitative estimate of drug-likeness (QED) is 0.703. The first-order valence-electron chi connectivity index (χ1n) is 8.59. The number of halogens is 1. The monoisotopic (exact) mass is 380 g/mol. The normalized spacial score (nSPS) is 14.1. The largest absolute Gasteiger partial charge is 0.326 e. The number of fused-ring (bicyclic) bond motifs is 1. The predicted molar refractivity (Wildman–Crippen MR) is 103 cm³/mol. The number of thiophene rings is 1. The van der Waals surface area contributed by atoms with Crippen LogP contribution < -0.4 is 5.32 Å². The molecular weight excluding hydrogens is 363 g/mol. The van der Waals surface area contributed by atoms with Crippen LogP contribution in [0.5, 0.6) is 0 Å². The van der Waals surface area contributed by atoms with Crippen LogP contribution in [0, 0.1) is 5.82 Å². The molecule has 1 N–H and O–H groups in total. The van der Waals surface area contributed by atoms with Gasteiger partial charge in [0, 0.05) is 22.7 Å².